The summed E-state index contributed by atoms with van der Waals surface area (Å²) in [6.07, 6.45) is 11.6. The normalized spacial score (nSPS) is 18.3. The predicted octanol–water partition coefficient (Wildman–Crippen LogP) is 7.70. The molecule has 0 heteroatoms. The van der Waals surface area contributed by atoms with Gasteiger partial charge in [0.2, 0.25) is 0 Å². The third-order valence-electron chi connectivity index (χ3n) is 6.05. The zero-order valence-electron chi connectivity index (χ0n) is 18.1. The number of hydrogen-bond acceptors (Lipinski definition) is 0. The molecule has 29 heavy (non-hydrogen) atoms. The maximum absolute atomic E-state index is 3.31. The van der Waals surface area contributed by atoms with Gasteiger partial charge < -0.3 is 0 Å². The van der Waals surface area contributed by atoms with Crippen LogP contribution in [0.5, 0.6) is 0 Å². The van der Waals surface area contributed by atoms with Crippen LogP contribution in [0.25, 0.3) is 0 Å². The zero-order chi connectivity index (χ0) is 20.3. The summed E-state index contributed by atoms with van der Waals surface area (Å²) < 4.78 is 0. The first-order chi connectivity index (χ1) is 14.3. The molecule has 0 N–H and O–H groups in total. The van der Waals surface area contributed by atoms with Crippen molar-refractivity contribution in [2.75, 3.05) is 0 Å². The lowest BCUT2D eigenvalue weighted by Crippen LogP contribution is -2.13. The topological polar surface area (TPSA) is 0 Å². The van der Waals surface area contributed by atoms with Crippen LogP contribution in [0.4, 0.5) is 0 Å². The molecule has 3 rings (SSSR count). The molecule has 0 unspecified atom stereocenters. The van der Waals surface area contributed by atoms with Crippen molar-refractivity contribution < 1.29 is 0 Å². The maximum atomic E-state index is 3.31. The van der Waals surface area contributed by atoms with Gasteiger partial charge in [0.15, 0.2) is 0 Å². The first-order valence-electron chi connectivity index (χ1n) is 11.5. The van der Waals surface area contributed by atoms with E-state index >= 15 is 0 Å². The van der Waals surface area contributed by atoms with E-state index in [0.29, 0.717) is 0 Å². The first-order valence-corrected chi connectivity index (χ1v) is 11.5. The van der Waals surface area contributed by atoms with Crippen LogP contribution in [-0.2, 0) is 0 Å². The summed E-state index contributed by atoms with van der Waals surface area (Å²) in [5, 5.41) is 0. The Bertz CT molecular complexity index is 854. The highest BCUT2D eigenvalue weighted by Crippen LogP contribution is 2.37. The lowest BCUT2D eigenvalue weighted by Gasteiger charge is -2.28. The number of benzene rings is 2. The Balaban J connectivity index is 1.55. The molecule has 0 amide bonds. The van der Waals surface area contributed by atoms with Gasteiger partial charge in [-0.25, -0.2) is 0 Å². The summed E-state index contributed by atoms with van der Waals surface area (Å²) in [4.78, 5) is 0. The van der Waals surface area contributed by atoms with E-state index in [1.54, 1.807) is 0 Å². The number of rotatable bonds is 5. The highest BCUT2D eigenvalue weighted by Gasteiger charge is 2.21. The molecule has 2 aromatic rings. The van der Waals surface area contributed by atoms with Gasteiger partial charge in [-0.05, 0) is 85.9 Å². The SMILES string of the molecule is CCCCC#Cc1ccc(C#Cc2ccc([C@H]3CC[C@H](CCC)CC3)cc2)cc1. The van der Waals surface area contributed by atoms with Gasteiger partial charge in [-0.2, -0.15) is 0 Å². The minimum atomic E-state index is 0.746. The predicted molar refractivity (Wildman–Crippen MR) is 125 cm³/mol. The highest BCUT2D eigenvalue weighted by atomic mass is 14.3. The summed E-state index contributed by atoms with van der Waals surface area (Å²) in [5.41, 5.74) is 4.71. The highest BCUT2D eigenvalue weighted by molar-refractivity contribution is 5.46. The molecular weight excluding hydrogens is 348 g/mol. The molecule has 1 aliphatic carbocycles. The molecule has 0 atom stereocenters. The largest absolute Gasteiger partial charge is 0.0979 e. The average molecular weight is 383 g/mol. The van der Waals surface area contributed by atoms with Crippen LogP contribution in [-0.4, -0.2) is 0 Å². The zero-order valence-corrected chi connectivity index (χ0v) is 18.1. The number of unbranched alkanes of at least 4 members (excludes halogenated alkanes) is 2. The van der Waals surface area contributed by atoms with Gasteiger partial charge in [0.25, 0.3) is 0 Å². The Morgan fingerprint density at radius 1 is 0.690 bits per heavy atom. The number of hydrogen-bond donors (Lipinski definition) is 0. The second kappa shape index (κ2) is 11.5. The van der Waals surface area contributed by atoms with Crippen LogP contribution in [0.3, 0.4) is 0 Å². The van der Waals surface area contributed by atoms with E-state index < -0.39 is 0 Å². The van der Waals surface area contributed by atoms with Gasteiger partial charge in [0, 0.05) is 23.1 Å². The molecule has 0 heterocycles. The minimum absolute atomic E-state index is 0.746. The van der Waals surface area contributed by atoms with Gasteiger partial charge in [0.05, 0.1) is 0 Å². The molecular formula is C29H34. The van der Waals surface area contributed by atoms with Crippen LogP contribution in [0, 0.1) is 29.6 Å². The minimum Gasteiger partial charge on any atom is -0.0979 e. The molecule has 0 spiro atoms. The monoisotopic (exact) mass is 382 g/mol. The molecule has 0 radical (unpaired) electrons. The Kier molecular flexibility index (Phi) is 8.46. The Labute approximate surface area is 178 Å². The fourth-order valence-electron chi connectivity index (χ4n) is 4.24. The lowest BCUT2D eigenvalue weighted by molar-refractivity contribution is 0.308. The van der Waals surface area contributed by atoms with Crippen LogP contribution >= 0.6 is 0 Å². The van der Waals surface area contributed by atoms with Gasteiger partial charge in [-0.3, -0.25) is 0 Å². The smallest absolute Gasteiger partial charge is 0.0249 e. The third kappa shape index (κ3) is 6.84. The molecule has 0 saturated heterocycles. The summed E-state index contributed by atoms with van der Waals surface area (Å²) in [6.45, 7) is 4.50. The summed E-state index contributed by atoms with van der Waals surface area (Å²) >= 11 is 0. The molecule has 2 aromatic carbocycles. The van der Waals surface area contributed by atoms with E-state index in [4.69, 9.17) is 0 Å². The van der Waals surface area contributed by atoms with Crippen molar-refractivity contribution in [3.8, 4) is 23.7 Å². The van der Waals surface area contributed by atoms with E-state index in [9.17, 15) is 0 Å². The molecule has 1 aliphatic rings. The standard InChI is InChI=1S/C29H34/c1-3-5-6-7-9-25-10-12-26(13-11-25)14-15-27-18-22-29(23-19-27)28-20-16-24(8-4-2)17-21-28/h10-13,18-19,22-24,28H,3-6,8,16-17,20-21H2,1-2H3/t24-,28-. The molecule has 0 bridgehead atoms. The van der Waals surface area contributed by atoms with E-state index in [-0.39, 0.29) is 0 Å². The molecule has 0 nitrogen and oxygen atoms in total. The van der Waals surface area contributed by atoms with Crippen LogP contribution in [0.2, 0.25) is 0 Å². The van der Waals surface area contributed by atoms with Crippen LogP contribution in [0.15, 0.2) is 48.5 Å². The summed E-state index contributed by atoms with van der Waals surface area (Å²) in [7, 11) is 0. The van der Waals surface area contributed by atoms with Crippen LogP contribution < -0.4 is 0 Å². The fraction of sp³-hybridized carbons (Fsp3) is 0.448. The average Bonchev–Trinajstić information content (AvgIpc) is 2.77. The fourth-order valence-corrected chi connectivity index (χ4v) is 4.24. The van der Waals surface area contributed by atoms with Gasteiger partial charge in [0.1, 0.15) is 0 Å². The van der Waals surface area contributed by atoms with Crippen molar-refractivity contribution in [2.24, 2.45) is 5.92 Å². The molecule has 150 valence electrons. The van der Waals surface area contributed by atoms with Crippen molar-refractivity contribution in [1.82, 2.24) is 0 Å². The van der Waals surface area contributed by atoms with Crippen molar-refractivity contribution in [3.05, 3.63) is 70.8 Å². The summed E-state index contributed by atoms with van der Waals surface area (Å²) in [5.74, 6) is 14.8. The van der Waals surface area contributed by atoms with Gasteiger partial charge in [-0.15, -0.1) is 0 Å². The quantitative estimate of drug-likeness (QED) is 0.367. The van der Waals surface area contributed by atoms with Crippen LogP contribution in [0.1, 0.15) is 99.8 Å². The van der Waals surface area contributed by atoms with Crippen molar-refractivity contribution in [2.45, 2.75) is 77.6 Å². The Morgan fingerprint density at radius 3 is 1.79 bits per heavy atom. The van der Waals surface area contributed by atoms with Gasteiger partial charge in [-0.1, -0.05) is 68.9 Å². The van der Waals surface area contributed by atoms with E-state index in [2.05, 4.69) is 86.1 Å². The second-order valence-electron chi connectivity index (χ2n) is 8.36. The van der Waals surface area contributed by atoms with E-state index in [0.717, 1.165) is 34.9 Å². The maximum Gasteiger partial charge on any atom is 0.0249 e. The summed E-state index contributed by atoms with van der Waals surface area (Å²) in [6, 6.07) is 17.2. The van der Waals surface area contributed by atoms with Crippen molar-refractivity contribution in [1.29, 1.82) is 0 Å². The van der Waals surface area contributed by atoms with Crippen molar-refractivity contribution >= 4 is 0 Å². The second-order valence-corrected chi connectivity index (χ2v) is 8.36. The Hall–Kier alpha value is -2.44. The molecule has 0 aliphatic heterocycles. The molecule has 1 saturated carbocycles. The molecule has 1 fully saturated rings. The molecule has 0 aromatic heterocycles. The van der Waals surface area contributed by atoms with Gasteiger partial charge >= 0.3 is 0 Å². The third-order valence-corrected chi connectivity index (χ3v) is 6.05. The lowest BCUT2D eigenvalue weighted by atomic mass is 9.77. The van der Waals surface area contributed by atoms with E-state index in [1.165, 1.54) is 56.9 Å². The van der Waals surface area contributed by atoms with Crippen molar-refractivity contribution in [3.63, 3.8) is 0 Å². The van der Waals surface area contributed by atoms with E-state index in [1.807, 2.05) is 0 Å². The Morgan fingerprint density at radius 2 is 1.24 bits per heavy atom. The first kappa shape index (κ1) is 21.3.